The van der Waals surface area contributed by atoms with Gasteiger partial charge in [0, 0.05) is 0 Å². The van der Waals surface area contributed by atoms with Crippen molar-refractivity contribution in [2.75, 3.05) is 13.2 Å². The Morgan fingerprint density at radius 1 is 0.652 bits per heavy atom. The van der Waals surface area contributed by atoms with Crippen LogP contribution in [0.25, 0.3) is 0 Å². The maximum atomic E-state index is 9.94. The number of hydrogen-bond acceptors (Lipinski definition) is 11. The minimum Gasteiger partial charge on any atom is -0.394 e. The highest BCUT2D eigenvalue weighted by atomic mass is 16.7. The predicted octanol–water partition coefficient (Wildman–Crippen LogP) is -5.40. The molecule has 0 saturated carbocycles. The molecule has 8 N–H and O–H groups in total. The normalized spacial score (nSPS) is 51.7. The van der Waals surface area contributed by atoms with E-state index in [1.54, 1.807) is 0 Å². The fraction of sp³-hybridized carbons (Fsp3) is 1.00. The van der Waals surface area contributed by atoms with E-state index in [1.807, 2.05) is 0 Å². The topological polar surface area (TPSA) is 190 Å². The molecule has 0 aliphatic carbocycles. The van der Waals surface area contributed by atoms with Gasteiger partial charge in [-0.05, 0) is 0 Å². The average molecular weight is 342 g/mol. The Hall–Kier alpha value is -0.440. The van der Waals surface area contributed by atoms with Crippen LogP contribution >= 0.6 is 0 Å². The van der Waals surface area contributed by atoms with Crippen LogP contribution in [0, 0.1) is 0 Å². The summed E-state index contributed by atoms with van der Waals surface area (Å²) in [4.78, 5) is 0. The lowest BCUT2D eigenvalue weighted by Crippen LogP contribution is -2.64. The van der Waals surface area contributed by atoms with E-state index >= 15 is 0 Å². The summed E-state index contributed by atoms with van der Waals surface area (Å²) >= 11 is 0. The first-order chi connectivity index (χ1) is 10.8. The standard InChI is InChI=1S/C12H22O11/c13-1-3-6(16)8(18)10(11(20)21-3)23-12-9(19)7(17)5(15)4(2-14)22-12/h3-20H,1-2H2/t3?,4?,5-,6-,7+,8?,9?,10-,11+,12+/m1/s1. The summed E-state index contributed by atoms with van der Waals surface area (Å²) in [5.41, 5.74) is 0. The van der Waals surface area contributed by atoms with Gasteiger partial charge in [-0.3, -0.25) is 0 Å². The van der Waals surface area contributed by atoms with Crippen molar-refractivity contribution in [2.45, 2.75) is 61.4 Å². The van der Waals surface area contributed by atoms with Crippen molar-refractivity contribution < 1.29 is 55.1 Å². The molecule has 0 aromatic heterocycles. The van der Waals surface area contributed by atoms with E-state index in [0.717, 1.165) is 0 Å². The van der Waals surface area contributed by atoms with Crippen LogP contribution in [0.3, 0.4) is 0 Å². The van der Waals surface area contributed by atoms with Gasteiger partial charge in [-0.15, -0.1) is 0 Å². The highest BCUT2D eigenvalue weighted by Gasteiger charge is 2.50. The van der Waals surface area contributed by atoms with Crippen LogP contribution in [0.4, 0.5) is 0 Å². The molecule has 2 aliphatic rings. The molecule has 2 saturated heterocycles. The van der Waals surface area contributed by atoms with Gasteiger partial charge in [-0.1, -0.05) is 0 Å². The second kappa shape index (κ2) is 7.63. The molecular weight excluding hydrogens is 320 g/mol. The van der Waals surface area contributed by atoms with Crippen LogP contribution in [0.15, 0.2) is 0 Å². The third-order valence-electron chi connectivity index (χ3n) is 3.98. The highest BCUT2D eigenvalue weighted by molar-refractivity contribution is 4.93. The van der Waals surface area contributed by atoms with E-state index in [-0.39, 0.29) is 0 Å². The molecule has 2 heterocycles. The van der Waals surface area contributed by atoms with Gasteiger partial charge < -0.3 is 55.1 Å². The largest absolute Gasteiger partial charge is 0.394 e. The molecule has 136 valence electrons. The van der Waals surface area contributed by atoms with Gasteiger partial charge in [0.25, 0.3) is 0 Å². The van der Waals surface area contributed by atoms with Gasteiger partial charge in [0.05, 0.1) is 13.2 Å². The molecule has 11 nitrogen and oxygen atoms in total. The molecule has 4 unspecified atom stereocenters. The second-order valence-electron chi connectivity index (χ2n) is 5.53. The quantitative estimate of drug-likeness (QED) is 0.243. The fourth-order valence-corrected chi connectivity index (χ4v) is 2.55. The SMILES string of the molecule is OCC1O[C@H](O)[C@H](O[C@@H]2OC(CO)[C@@H](O)[C@H](O)C2O)C(O)[C@@H]1O. The molecule has 0 aromatic carbocycles. The molecule has 11 heteroatoms. The molecule has 23 heavy (non-hydrogen) atoms. The van der Waals surface area contributed by atoms with Gasteiger partial charge in [0.2, 0.25) is 0 Å². The van der Waals surface area contributed by atoms with Crippen molar-refractivity contribution in [3.8, 4) is 0 Å². The highest BCUT2D eigenvalue weighted by Crippen LogP contribution is 2.28. The smallest absolute Gasteiger partial charge is 0.187 e. The number of aliphatic hydroxyl groups is 8. The first-order valence-corrected chi connectivity index (χ1v) is 7.08. The van der Waals surface area contributed by atoms with Crippen LogP contribution in [0.1, 0.15) is 0 Å². The molecular formula is C12H22O11. The predicted molar refractivity (Wildman–Crippen MR) is 68.6 cm³/mol. The Morgan fingerprint density at radius 2 is 1.17 bits per heavy atom. The van der Waals surface area contributed by atoms with E-state index in [0.29, 0.717) is 0 Å². The zero-order chi connectivity index (χ0) is 17.3. The molecule has 2 rings (SSSR count). The Bertz CT molecular complexity index is 380. The minimum atomic E-state index is -1.75. The van der Waals surface area contributed by atoms with E-state index in [2.05, 4.69) is 0 Å². The first kappa shape index (κ1) is 18.9. The molecule has 10 atom stereocenters. The van der Waals surface area contributed by atoms with Crippen molar-refractivity contribution in [3.05, 3.63) is 0 Å². The van der Waals surface area contributed by atoms with Gasteiger partial charge in [0.15, 0.2) is 12.6 Å². The molecule has 0 amide bonds. The summed E-state index contributed by atoms with van der Waals surface area (Å²) in [5, 5.41) is 76.7. The lowest BCUT2D eigenvalue weighted by atomic mass is 9.97. The van der Waals surface area contributed by atoms with Gasteiger partial charge in [-0.2, -0.15) is 0 Å². The third kappa shape index (κ3) is 3.65. The van der Waals surface area contributed by atoms with Crippen molar-refractivity contribution >= 4 is 0 Å². The van der Waals surface area contributed by atoms with Gasteiger partial charge in [-0.25, -0.2) is 0 Å². The maximum absolute atomic E-state index is 9.94. The molecule has 0 bridgehead atoms. The number of ether oxygens (including phenoxy) is 3. The summed E-state index contributed by atoms with van der Waals surface area (Å²) < 4.78 is 15.1. The average Bonchev–Trinajstić information content (AvgIpc) is 2.54. The monoisotopic (exact) mass is 342 g/mol. The summed E-state index contributed by atoms with van der Waals surface area (Å²) in [5.74, 6) is 0. The first-order valence-electron chi connectivity index (χ1n) is 7.08. The van der Waals surface area contributed by atoms with Crippen LogP contribution in [-0.2, 0) is 14.2 Å². The Labute approximate surface area is 130 Å². The van der Waals surface area contributed by atoms with Crippen molar-refractivity contribution in [1.82, 2.24) is 0 Å². The van der Waals surface area contributed by atoms with Gasteiger partial charge in [0.1, 0.15) is 48.8 Å². The Kier molecular flexibility index (Phi) is 6.27. The molecule has 0 spiro atoms. The van der Waals surface area contributed by atoms with E-state index in [9.17, 15) is 30.6 Å². The maximum Gasteiger partial charge on any atom is 0.187 e. The van der Waals surface area contributed by atoms with Crippen molar-refractivity contribution in [3.63, 3.8) is 0 Å². The lowest BCUT2D eigenvalue weighted by molar-refractivity contribution is -0.361. The molecule has 2 aliphatic heterocycles. The molecule has 0 radical (unpaired) electrons. The van der Waals surface area contributed by atoms with Crippen LogP contribution in [-0.4, -0.2) is 115 Å². The Balaban J connectivity index is 2.08. The van der Waals surface area contributed by atoms with E-state index in [4.69, 9.17) is 24.4 Å². The van der Waals surface area contributed by atoms with E-state index in [1.165, 1.54) is 0 Å². The molecule has 0 aromatic rings. The number of aliphatic hydroxyl groups excluding tert-OH is 8. The zero-order valence-corrected chi connectivity index (χ0v) is 12.0. The van der Waals surface area contributed by atoms with Crippen LogP contribution in [0.2, 0.25) is 0 Å². The fourth-order valence-electron chi connectivity index (χ4n) is 2.55. The summed E-state index contributed by atoms with van der Waals surface area (Å²) in [6.45, 7) is -1.33. The summed E-state index contributed by atoms with van der Waals surface area (Å²) in [6.07, 6.45) is -15.6. The van der Waals surface area contributed by atoms with Crippen LogP contribution in [0.5, 0.6) is 0 Å². The van der Waals surface area contributed by atoms with Crippen molar-refractivity contribution in [2.24, 2.45) is 0 Å². The summed E-state index contributed by atoms with van der Waals surface area (Å²) in [6, 6.07) is 0. The summed E-state index contributed by atoms with van der Waals surface area (Å²) in [7, 11) is 0. The Morgan fingerprint density at radius 3 is 1.74 bits per heavy atom. The third-order valence-corrected chi connectivity index (χ3v) is 3.98. The van der Waals surface area contributed by atoms with E-state index < -0.39 is 74.6 Å². The second-order valence-corrected chi connectivity index (χ2v) is 5.53. The van der Waals surface area contributed by atoms with Gasteiger partial charge >= 0.3 is 0 Å². The molecule has 2 fully saturated rings. The lowest BCUT2D eigenvalue weighted by Gasteiger charge is -2.44. The number of rotatable bonds is 4. The van der Waals surface area contributed by atoms with Crippen molar-refractivity contribution in [1.29, 1.82) is 0 Å². The number of hydrogen-bond donors (Lipinski definition) is 8. The minimum absolute atomic E-state index is 0.651. The zero-order valence-electron chi connectivity index (χ0n) is 12.0. The van der Waals surface area contributed by atoms with Crippen LogP contribution < -0.4 is 0 Å².